The zero-order valence-corrected chi connectivity index (χ0v) is 7.36. The van der Waals surface area contributed by atoms with E-state index in [2.05, 4.69) is 9.78 Å². The monoisotopic (exact) mass is 184 g/mol. The van der Waals surface area contributed by atoms with Crippen LogP contribution in [0.4, 0.5) is 0 Å². The maximum Gasteiger partial charge on any atom is 0.107 e. The van der Waals surface area contributed by atoms with Crippen molar-refractivity contribution in [1.82, 2.24) is 0 Å². The molecule has 0 unspecified atom stereocenters. The van der Waals surface area contributed by atoms with Crippen LogP contribution in [0.3, 0.4) is 0 Å². The first-order valence-electron chi connectivity index (χ1n) is 3.89. The highest BCUT2D eigenvalue weighted by Crippen LogP contribution is 2.13. The Hall–Kier alpha value is -0.940. The highest BCUT2D eigenvalue weighted by molar-refractivity contribution is 5.30. The van der Waals surface area contributed by atoms with Gasteiger partial charge in [-0.25, -0.2) is 9.78 Å². The molecule has 2 N–H and O–H groups in total. The van der Waals surface area contributed by atoms with E-state index in [1.165, 1.54) is 0 Å². The Kier molecular flexibility index (Phi) is 3.85. The molecule has 0 aliphatic heterocycles. The topological polar surface area (TPSA) is 58.9 Å². The zero-order chi connectivity index (χ0) is 9.68. The largest absolute Gasteiger partial charge is 0.251 e. The molecule has 13 heavy (non-hydrogen) atoms. The van der Waals surface area contributed by atoms with Gasteiger partial charge in [0.05, 0.1) is 0 Å². The lowest BCUT2D eigenvalue weighted by atomic mass is 10.1. The van der Waals surface area contributed by atoms with Gasteiger partial charge in [-0.05, 0) is 18.1 Å². The summed E-state index contributed by atoms with van der Waals surface area (Å²) in [7, 11) is 0. The third-order valence-corrected chi connectivity index (χ3v) is 1.80. The van der Waals surface area contributed by atoms with Crippen LogP contribution >= 0.6 is 0 Å². The van der Waals surface area contributed by atoms with Gasteiger partial charge in [-0.2, -0.15) is 0 Å². The first-order valence-corrected chi connectivity index (χ1v) is 3.89. The number of rotatable bonds is 4. The van der Waals surface area contributed by atoms with Gasteiger partial charge in [0.15, 0.2) is 0 Å². The molecule has 0 heterocycles. The van der Waals surface area contributed by atoms with E-state index in [0.717, 1.165) is 16.7 Å². The van der Waals surface area contributed by atoms with E-state index in [4.69, 9.17) is 10.5 Å². The van der Waals surface area contributed by atoms with E-state index in [1.807, 2.05) is 25.1 Å². The highest BCUT2D eigenvalue weighted by atomic mass is 17.1. The number of aryl methyl sites for hydroxylation is 1. The molecule has 0 atom stereocenters. The van der Waals surface area contributed by atoms with E-state index in [9.17, 15) is 0 Å². The van der Waals surface area contributed by atoms with Crippen molar-refractivity contribution in [2.75, 3.05) is 0 Å². The van der Waals surface area contributed by atoms with Crippen molar-refractivity contribution in [1.29, 1.82) is 0 Å². The minimum absolute atomic E-state index is 0.0962. The first kappa shape index (κ1) is 10.1. The Morgan fingerprint density at radius 1 is 1.08 bits per heavy atom. The van der Waals surface area contributed by atoms with Crippen LogP contribution in [0.5, 0.6) is 0 Å². The summed E-state index contributed by atoms with van der Waals surface area (Å²) >= 11 is 0. The normalized spacial score (nSPS) is 10.4. The average molecular weight is 184 g/mol. The third-order valence-electron chi connectivity index (χ3n) is 1.80. The van der Waals surface area contributed by atoms with E-state index in [0.29, 0.717) is 0 Å². The first-order chi connectivity index (χ1) is 6.27. The molecule has 0 amide bonds. The van der Waals surface area contributed by atoms with Crippen LogP contribution in [0.15, 0.2) is 18.2 Å². The Balaban J connectivity index is 2.89. The van der Waals surface area contributed by atoms with Gasteiger partial charge in [0, 0.05) is 0 Å². The van der Waals surface area contributed by atoms with Crippen molar-refractivity contribution in [2.45, 2.75) is 20.1 Å². The Morgan fingerprint density at radius 2 is 1.69 bits per heavy atom. The molecule has 4 heteroatoms. The lowest BCUT2D eigenvalue weighted by Crippen LogP contribution is -1.98. The second-order valence-electron chi connectivity index (χ2n) is 2.82. The zero-order valence-electron chi connectivity index (χ0n) is 7.36. The highest BCUT2D eigenvalue weighted by Gasteiger charge is 2.02. The van der Waals surface area contributed by atoms with Gasteiger partial charge in [-0.15, -0.1) is 0 Å². The Morgan fingerprint density at radius 3 is 2.31 bits per heavy atom. The second kappa shape index (κ2) is 4.94. The molecular weight excluding hydrogens is 172 g/mol. The summed E-state index contributed by atoms with van der Waals surface area (Å²) in [4.78, 5) is 8.05. The fraction of sp³-hybridized carbons (Fsp3) is 0.333. The molecule has 0 aliphatic carbocycles. The van der Waals surface area contributed by atoms with Crippen LogP contribution in [-0.2, 0) is 23.0 Å². The smallest absolute Gasteiger partial charge is 0.107 e. The van der Waals surface area contributed by atoms with E-state index >= 15 is 0 Å². The molecule has 0 saturated heterocycles. The van der Waals surface area contributed by atoms with Gasteiger partial charge in [0.25, 0.3) is 0 Å². The molecule has 0 saturated carbocycles. The van der Waals surface area contributed by atoms with Gasteiger partial charge < -0.3 is 0 Å². The van der Waals surface area contributed by atoms with E-state index in [-0.39, 0.29) is 13.2 Å². The summed E-state index contributed by atoms with van der Waals surface area (Å²) in [5.74, 6) is 0. The molecule has 0 radical (unpaired) electrons. The maximum atomic E-state index is 8.30. The number of hydrogen-bond donors (Lipinski definition) is 2. The molecule has 0 aromatic heterocycles. The molecule has 1 rings (SSSR count). The molecule has 0 aliphatic rings. The fourth-order valence-electron chi connectivity index (χ4n) is 1.17. The van der Waals surface area contributed by atoms with Crippen LogP contribution in [0, 0.1) is 6.92 Å². The molecule has 0 bridgehead atoms. The summed E-state index contributed by atoms with van der Waals surface area (Å²) in [5, 5.41) is 16.6. The van der Waals surface area contributed by atoms with E-state index in [1.54, 1.807) is 0 Å². The molecule has 1 aromatic rings. The summed E-state index contributed by atoms with van der Waals surface area (Å²) < 4.78 is 0. The molecule has 4 nitrogen and oxygen atoms in total. The predicted molar refractivity (Wildman–Crippen MR) is 46.0 cm³/mol. The van der Waals surface area contributed by atoms with Crippen molar-refractivity contribution in [2.24, 2.45) is 0 Å². The standard InChI is InChI=1S/C9H12O4/c1-7-2-3-8(5-12-10)9(4-7)6-13-11/h2-4,10-11H,5-6H2,1H3. The average Bonchev–Trinajstić information content (AvgIpc) is 2.10. The summed E-state index contributed by atoms with van der Waals surface area (Å²) in [6, 6.07) is 5.58. The van der Waals surface area contributed by atoms with Crippen LogP contribution in [-0.4, -0.2) is 10.5 Å². The van der Waals surface area contributed by atoms with Crippen molar-refractivity contribution in [3.63, 3.8) is 0 Å². The van der Waals surface area contributed by atoms with Crippen molar-refractivity contribution >= 4 is 0 Å². The van der Waals surface area contributed by atoms with E-state index < -0.39 is 0 Å². The lowest BCUT2D eigenvalue weighted by molar-refractivity contribution is -0.258. The molecular formula is C9H12O4. The van der Waals surface area contributed by atoms with Gasteiger partial charge >= 0.3 is 0 Å². The number of hydrogen-bond acceptors (Lipinski definition) is 4. The molecule has 0 spiro atoms. The van der Waals surface area contributed by atoms with Crippen molar-refractivity contribution in [3.8, 4) is 0 Å². The van der Waals surface area contributed by atoms with Crippen LogP contribution < -0.4 is 0 Å². The summed E-state index contributed by atoms with van der Waals surface area (Å²) in [5.41, 5.74) is 2.66. The van der Waals surface area contributed by atoms with Gasteiger partial charge in [-0.1, -0.05) is 23.8 Å². The van der Waals surface area contributed by atoms with Crippen molar-refractivity contribution < 1.29 is 20.3 Å². The quantitative estimate of drug-likeness (QED) is 0.554. The van der Waals surface area contributed by atoms with Gasteiger partial charge in [0.1, 0.15) is 13.2 Å². The Labute approximate surface area is 76.2 Å². The molecule has 72 valence electrons. The summed E-state index contributed by atoms with van der Waals surface area (Å²) in [6.07, 6.45) is 0. The fourth-order valence-corrected chi connectivity index (χ4v) is 1.17. The summed E-state index contributed by atoms with van der Waals surface area (Å²) in [6.45, 7) is 2.13. The lowest BCUT2D eigenvalue weighted by Gasteiger charge is -2.06. The number of benzene rings is 1. The molecule has 0 fully saturated rings. The third kappa shape index (κ3) is 2.78. The minimum atomic E-state index is 0.0962. The minimum Gasteiger partial charge on any atom is -0.251 e. The predicted octanol–water partition coefficient (Wildman–Crippen LogP) is 1.97. The van der Waals surface area contributed by atoms with Crippen LogP contribution in [0.25, 0.3) is 0 Å². The second-order valence-corrected chi connectivity index (χ2v) is 2.82. The molecule has 1 aromatic carbocycles. The SMILES string of the molecule is Cc1ccc(COO)c(COO)c1. The van der Waals surface area contributed by atoms with Crippen LogP contribution in [0.2, 0.25) is 0 Å². The maximum absolute atomic E-state index is 8.30. The van der Waals surface area contributed by atoms with Crippen molar-refractivity contribution in [3.05, 3.63) is 34.9 Å². The van der Waals surface area contributed by atoms with Gasteiger partial charge in [0.2, 0.25) is 0 Å². The van der Waals surface area contributed by atoms with Gasteiger partial charge in [-0.3, -0.25) is 10.5 Å². The van der Waals surface area contributed by atoms with Crippen LogP contribution in [0.1, 0.15) is 16.7 Å². The Bertz CT molecular complexity index is 272.